The van der Waals surface area contributed by atoms with Gasteiger partial charge in [-0.3, -0.25) is 5.32 Å². The van der Waals surface area contributed by atoms with E-state index in [1.54, 1.807) is 0 Å². The van der Waals surface area contributed by atoms with Crippen LogP contribution in [0.15, 0.2) is 128 Å². The summed E-state index contributed by atoms with van der Waals surface area (Å²) in [5, 5.41) is 11.7. The number of aromatic nitrogens is 2. The fraction of sp³-hybridized carbons (Fsp3) is 0.136. The van der Waals surface area contributed by atoms with E-state index in [9.17, 15) is 0 Å². The molecule has 248 valence electrons. The van der Waals surface area contributed by atoms with Crippen molar-refractivity contribution in [1.29, 1.82) is 0 Å². The van der Waals surface area contributed by atoms with E-state index in [-0.39, 0.29) is 32.4 Å². The van der Waals surface area contributed by atoms with E-state index in [1.165, 1.54) is 11.1 Å². The van der Waals surface area contributed by atoms with Gasteiger partial charge in [-0.05, 0) is 62.2 Å². The summed E-state index contributed by atoms with van der Waals surface area (Å²) in [5.41, 5.74) is 5.47. The molecule has 2 aliphatic rings. The molecule has 5 nitrogen and oxygen atoms in total. The van der Waals surface area contributed by atoms with Crippen LogP contribution in [-0.2, 0) is 26.5 Å². The van der Waals surface area contributed by atoms with Gasteiger partial charge in [0.1, 0.15) is 5.82 Å². The molecule has 1 atom stereocenters. The number of ether oxygens (including phenoxy) is 1. The van der Waals surface area contributed by atoms with Crippen LogP contribution < -0.4 is 15.2 Å². The Morgan fingerprint density at radius 2 is 1.44 bits per heavy atom. The zero-order valence-corrected chi connectivity index (χ0v) is 30.5. The van der Waals surface area contributed by atoms with Crippen LogP contribution in [0.25, 0.3) is 44.6 Å². The summed E-state index contributed by atoms with van der Waals surface area (Å²) >= 11 is 0. The second-order valence-corrected chi connectivity index (χ2v) is 13.8. The van der Waals surface area contributed by atoms with E-state index >= 15 is 0 Å². The molecule has 0 fully saturated rings. The van der Waals surface area contributed by atoms with Gasteiger partial charge in [0.05, 0.1) is 0 Å². The number of benzene rings is 5. The van der Waals surface area contributed by atoms with Crippen molar-refractivity contribution in [2.75, 3.05) is 0 Å². The van der Waals surface area contributed by atoms with Crippen molar-refractivity contribution < 1.29 is 30.4 Å². The Bertz CT molecular complexity index is 2740. The summed E-state index contributed by atoms with van der Waals surface area (Å²) < 4.78 is 11.1. The van der Waals surface area contributed by atoms with Gasteiger partial charge in [-0.1, -0.05) is 129 Å². The minimum atomic E-state index is -0.0201. The maximum atomic E-state index is 6.86. The van der Waals surface area contributed by atoms with Gasteiger partial charge in [-0.25, -0.2) is 4.98 Å². The predicted octanol–water partition coefficient (Wildman–Crippen LogP) is 8.57. The summed E-state index contributed by atoms with van der Waals surface area (Å²) in [6.07, 6.45) is 5.56. The van der Waals surface area contributed by atoms with Crippen LogP contribution in [-0.4, -0.2) is 20.3 Å². The van der Waals surface area contributed by atoms with E-state index in [0.717, 1.165) is 60.0 Å². The molecule has 2 aromatic heterocycles. The van der Waals surface area contributed by atoms with Gasteiger partial charge in [0, 0.05) is 49.6 Å². The number of pyridine rings is 1. The number of fused-ring (bicyclic) bond motifs is 6. The molecule has 0 aliphatic carbocycles. The molecule has 0 amide bonds. The molecule has 0 bridgehead atoms. The van der Waals surface area contributed by atoms with Gasteiger partial charge >= 0.3 is 0 Å². The third-order valence-corrected chi connectivity index (χ3v) is 9.61. The molecule has 9 rings (SSSR count). The maximum Gasteiger partial charge on any atom is 0.214 e. The van der Waals surface area contributed by atoms with E-state index in [1.807, 2.05) is 18.3 Å². The van der Waals surface area contributed by atoms with Gasteiger partial charge in [0.15, 0.2) is 0 Å². The fourth-order valence-corrected chi connectivity index (χ4v) is 7.13. The Balaban J connectivity index is 0.00000361. The molecule has 4 heterocycles. The minimum absolute atomic E-state index is 0. The molecule has 0 N–H and O–H groups in total. The molecule has 0 spiro atoms. The number of hydrogen-bond acceptors (Lipinski definition) is 2. The Morgan fingerprint density at radius 3 is 2.24 bits per heavy atom. The first-order chi connectivity index (χ1) is 23.8. The van der Waals surface area contributed by atoms with E-state index in [4.69, 9.17) is 15.0 Å². The Morgan fingerprint density at radius 1 is 0.760 bits per heavy atom. The second-order valence-electron chi connectivity index (χ2n) is 13.8. The van der Waals surface area contributed by atoms with Crippen LogP contribution in [0, 0.1) is 16.5 Å². The third kappa shape index (κ3) is 5.20. The first-order valence-corrected chi connectivity index (χ1v) is 16.8. The topological polar surface area (TPSA) is 44.2 Å². The first kappa shape index (κ1) is 32.0. The average molecular weight is 830 g/mol. The van der Waals surface area contributed by atoms with Crippen molar-refractivity contribution >= 4 is 45.4 Å². The molecule has 0 saturated heterocycles. The molecular weight excluding hydrogens is 796 g/mol. The molecule has 5 aromatic carbocycles. The molecular formula is C44H34N4OPt-2. The Labute approximate surface area is 305 Å². The summed E-state index contributed by atoms with van der Waals surface area (Å²) in [6.45, 7) is 8.85. The molecule has 7 aromatic rings. The monoisotopic (exact) mass is 829 g/mol. The quantitative estimate of drug-likeness (QED) is 0.132. The van der Waals surface area contributed by atoms with Crippen molar-refractivity contribution in [3.05, 3.63) is 171 Å². The van der Waals surface area contributed by atoms with Crippen molar-refractivity contribution in [2.24, 2.45) is 0 Å². The van der Waals surface area contributed by atoms with Gasteiger partial charge < -0.3 is 13.9 Å². The summed E-state index contributed by atoms with van der Waals surface area (Å²) in [4.78, 5) is 4.85. The third-order valence-electron chi connectivity index (χ3n) is 9.61. The van der Waals surface area contributed by atoms with Crippen molar-refractivity contribution in [3.63, 3.8) is 0 Å². The predicted molar refractivity (Wildman–Crippen MR) is 197 cm³/mol. The van der Waals surface area contributed by atoms with Crippen LogP contribution in [0.2, 0.25) is 0 Å². The maximum absolute atomic E-state index is 6.86. The normalized spacial score (nSPS) is 15.0. The van der Waals surface area contributed by atoms with Gasteiger partial charge in [-0.2, -0.15) is 6.07 Å². The van der Waals surface area contributed by atoms with Crippen LogP contribution in [0.3, 0.4) is 0 Å². The second kappa shape index (κ2) is 12.3. The van der Waals surface area contributed by atoms with E-state index < -0.39 is 0 Å². The average Bonchev–Trinajstić information content (AvgIpc) is 3.59. The smallest absolute Gasteiger partial charge is 0.214 e. The molecule has 0 saturated carbocycles. The van der Waals surface area contributed by atoms with Crippen molar-refractivity contribution in [2.45, 2.75) is 39.0 Å². The summed E-state index contributed by atoms with van der Waals surface area (Å²) in [5.74, 6) is 2.83. The SMILES string of the molecule is CC1[C-]=[N+](C2=c3ccccc3=c3ccccc3=C(Oc3[c-]c4c(cc3)c3ccccc3n4-c3cc(C(C)(C)C)ccn3)[N-]2)c2ccccc21.[Pt]. The molecule has 6 heteroatoms. The van der Waals surface area contributed by atoms with Gasteiger partial charge in [0.2, 0.25) is 5.88 Å². The van der Waals surface area contributed by atoms with Crippen molar-refractivity contribution in [1.82, 2.24) is 9.55 Å². The Hall–Kier alpha value is -5.25. The van der Waals surface area contributed by atoms with E-state index in [0.29, 0.717) is 11.6 Å². The van der Waals surface area contributed by atoms with Crippen LogP contribution in [0.1, 0.15) is 44.7 Å². The Kier molecular flexibility index (Phi) is 7.84. The minimum Gasteiger partial charge on any atom is -0.466 e. The summed E-state index contributed by atoms with van der Waals surface area (Å²) in [7, 11) is 0. The first-order valence-electron chi connectivity index (χ1n) is 16.8. The van der Waals surface area contributed by atoms with E-state index in [2.05, 4.69) is 158 Å². The standard InChI is InChI=1S/C44H34N4O.Pt/c1-28-27-47(38-19-11-9-13-31(28)38)42-36-17-7-5-14-32(36)33-15-6-8-18-37(33)43(46-42)49-30-21-22-35-34-16-10-12-20-39(34)48(40(35)26-30)41-25-29(23-24-45-41)44(2,3)4;/h5-25,28H,1-4H3;/q-2;. The zero-order valence-electron chi connectivity index (χ0n) is 28.2. The molecule has 50 heavy (non-hydrogen) atoms. The fourth-order valence-electron chi connectivity index (χ4n) is 7.13. The number of hydrogen-bond donors (Lipinski definition) is 0. The van der Waals surface area contributed by atoms with Crippen LogP contribution in [0.4, 0.5) is 5.69 Å². The van der Waals surface area contributed by atoms with Gasteiger partial charge in [-0.15, -0.1) is 23.7 Å². The molecule has 0 radical (unpaired) electrons. The largest absolute Gasteiger partial charge is 0.466 e. The van der Waals surface area contributed by atoms with Crippen molar-refractivity contribution in [3.8, 4) is 11.6 Å². The number of rotatable bonds is 4. The van der Waals surface area contributed by atoms with Gasteiger partial charge in [0.25, 0.3) is 0 Å². The zero-order chi connectivity index (χ0) is 33.3. The summed E-state index contributed by atoms with van der Waals surface area (Å²) in [6, 6.07) is 45.7. The van der Waals surface area contributed by atoms with Crippen LogP contribution >= 0.6 is 0 Å². The number of para-hydroxylation sites is 2. The number of nitrogens with zero attached hydrogens (tertiary/aromatic N) is 4. The molecule has 1 unspecified atom stereocenters. The van der Waals surface area contributed by atoms with Crippen LogP contribution in [0.5, 0.6) is 5.75 Å². The molecule has 2 aliphatic heterocycles.